The van der Waals surface area contributed by atoms with Crippen LogP contribution in [-0.4, -0.2) is 46.2 Å². The summed E-state index contributed by atoms with van der Waals surface area (Å²) in [5.41, 5.74) is 1.17. The zero-order valence-corrected chi connectivity index (χ0v) is 14.8. The number of carbonyl (C=O) groups excluding carboxylic acids is 2. The van der Waals surface area contributed by atoms with E-state index in [-0.39, 0.29) is 23.8 Å². The number of hydrogen-bond donors (Lipinski definition) is 0. The van der Waals surface area contributed by atoms with Crippen molar-refractivity contribution in [2.24, 2.45) is 11.8 Å². The van der Waals surface area contributed by atoms with E-state index in [4.69, 9.17) is 0 Å². The van der Waals surface area contributed by atoms with Crippen molar-refractivity contribution in [2.45, 2.75) is 51.0 Å². The Kier molecular flexibility index (Phi) is 4.73. The molecule has 1 saturated carbocycles. The highest BCUT2D eigenvalue weighted by molar-refractivity contribution is 5.89. The average molecular weight is 341 g/mol. The molecule has 2 amide bonds. The van der Waals surface area contributed by atoms with Gasteiger partial charge in [-0.3, -0.25) is 14.6 Å². The zero-order chi connectivity index (χ0) is 17.2. The average Bonchev–Trinajstić information content (AvgIpc) is 3.41. The van der Waals surface area contributed by atoms with Gasteiger partial charge < -0.3 is 9.80 Å². The lowest BCUT2D eigenvalue weighted by atomic mass is 9.99. The summed E-state index contributed by atoms with van der Waals surface area (Å²) in [4.78, 5) is 33.7. The summed E-state index contributed by atoms with van der Waals surface area (Å²) in [5, 5.41) is 0. The minimum Gasteiger partial charge on any atom is -0.342 e. The molecule has 1 aromatic heterocycles. The zero-order valence-electron chi connectivity index (χ0n) is 14.8. The van der Waals surface area contributed by atoms with E-state index in [1.807, 2.05) is 17.0 Å². The van der Waals surface area contributed by atoms with Crippen molar-refractivity contribution in [3.05, 3.63) is 30.1 Å². The molecule has 25 heavy (non-hydrogen) atoms. The van der Waals surface area contributed by atoms with E-state index in [2.05, 4.69) is 9.88 Å². The van der Waals surface area contributed by atoms with Gasteiger partial charge in [-0.25, -0.2) is 0 Å². The van der Waals surface area contributed by atoms with Crippen molar-refractivity contribution in [3.63, 3.8) is 0 Å². The topological polar surface area (TPSA) is 53.5 Å². The van der Waals surface area contributed by atoms with E-state index in [0.29, 0.717) is 18.9 Å². The first-order valence-electron chi connectivity index (χ1n) is 9.70. The molecule has 0 radical (unpaired) electrons. The van der Waals surface area contributed by atoms with Crippen molar-refractivity contribution in [1.82, 2.24) is 14.8 Å². The van der Waals surface area contributed by atoms with Gasteiger partial charge in [-0.05, 0) is 49.3 Å². The second-order valence-electron chi connectivity index (χ2n) is 7.82. The van der Waals surface area contributed by atoms with Gasteiger partial charge in [0.05, 0.1) is 12.0 Å². The van der Waals surface area contributed by atoms with Crippen LogP contribution >= 0.6 is 0 Å². The molecule has 2 aliphatic heterocycles. The Morgan fingerprint density at radius 1 is 1.12 bits per heavy atom. The molecular weight excluding hydrogens is 314 g/mol. The van der Waals surface area contributed by atoms with Gasteiger partial charge in [-0.2, -0.15) is 0 Å². The molecular formula is C20H27N3O2. The smallest absolute Gasteiger partial charge is 0.228 e. The molecule has 0 bridgehead atoms. The Bertz CT molecular complexity index is 629. The highest BCUT2D eigenvalue weighted by Crippen LogP contribution is 2.35. The highest BCUT2D eigenvalue weighted by Gasteiger charge is 2.40. The van der Waals surface area contributed by atoms with Gasteiger partial charge in [-0.1, -0.05) is 12.8 Å². The Labute approximate surface area is 149 Å². The maximum Gasteiger partial charge on any atom is 0.228 e. The lowest BCUT2D eigenvalue weighted by molar-refractivity contribution is -0.138. The van der Waals surface area contributed by atoms with Crippen LogP contribution in [0.2, 0.25) is 0 Å². The van der Waals surface area contributed by atoms with Gasteiger partial charge in [0.15, 0.2) is 0 Å². The molecule has 134 valence electrons. The van der Waals surface area contributed by atoms with Gasteiger partial charge in [0, 0.05) is 38.4 Å². The Morgan fingerprint density at radius 3 is 2.68 bits per heavy atom. The maximum atomic E-state index is 13.3. The molecule has 1 aromatic rings. The molecule has 5 heteroatoms. The summed E-state index contributed by atoms with van der Waals surface area (Å²) < 4.78 is 0. The number of rotatable bonds is 4. The first-order valence-corrected chi connectivity index (χ1v) is 9.70. The van der Waals surface area contributed by atoms with Crippen LogP contribution in [0.4, 0.5) is 0 Å². The summed E-state index contributed by atoms with van der Waals surface area (Å²) in [5.74, 6) is 0.866. The fraction of sp³-hybridized carbons (Fsp3) is 0.650. The van der Waals surface area contributed by atoms with E-state index in [1.54, 1.807) is 12.4 Å². The van der Waals surface area contributed by atoms with Crippen molar-refractivity contribution in [2.75, 3.05) is 19.6 Å². The predicted octanol–water partition coefficient (Wildman–Crippen LogP) is 2.78. The molecule has 1 aliphatic carbocycles. The quantitative estimate of drug-likeness (QED) is 0.846. The summed E-state index contributed by atoms with van der Waals surface area (Å²) in [6, 6.07) is 4.18. The number of carbonyl (C=O) groups is 2. The SMILES string of the molecule is O=C1C[C@H](C(=O)N2CCCCC[C@@H]2c2ccncc2)CN1CC1CC1. The van der Waals surface area contributed by atoms with Crippen LogP contribution in [0.1, 0.15) is 56.6 Å². The molecule has 0 spiro atoms. The predicted molar refractivity (Wildman–Crippen MR) is 94.6 cm³/mol. The van der Waals surface area contributed by atoms with Crippen LogP contribution in [-0.2, 0) is 9.59 Å². The third kappa shape index (κ3) is 3.70. The molecule has 3 aliphatic rings. The normalized spacial score (nSPS) is 27.4. The van der Waals surface area contributed by atoms with Crippen molar-refractivity contribution >= 4 is 11.8 Å². The van der Waals surface area contributed by atoms with Crippen molar-refractivity contribution in [3.8, 4) is 0 Å². The summed E-state index contributed by atoms with van der Waals surface area (Å²) in [7, 11) is 0. The lowest BCUT2D eigenvalue weighted by Crippen LogP contribution is -2.40. The molecule has 2 saturated heterocycles. The van der Waals surface area contributed by atoms with Crippen LogP contribution in [0.3, 0.4) is 0 Å². The van der Waals surface area contributed by atoms with Crippen LogP contribution in [0.5, 0.6) is 0 Å². The van der Waals surface area contributed by atoms with Gasteiger partial charge >= 0.3 is 0 Å². The number of likely N-dealkylation sites (tertiary alicyclic amines) is 2. The molecule has 2 atom stereocenters. The van der Waals surface area contributed by atoms with E-state index in [1.165, 1.54) is 24.8 Å². The van der Waals surface area contributed by atoms with Crippen molar-refractivity contribution < 1.29 is 9.59 Å². The van der Waals surface area contributed by atoms with Crippen LogP contribution in [0.25, 0.3) is 0 Å². The highest BCUT2D eigenvalue weighted by atomic mass is 16.2. The number of aromatic nitrogens is 1. The van der Waals surface area contributed by atoms with Gasteiger partial charge in [0.1, 0.15) is 0 Å². The molecule has 0 aromatic carbocycles. The first-order chi connectivity index (χ1) is 12.2. The number of hydrogen-bond acceptors (Lipinski definition) is 3. The van der Waals surface area contributed by atoms with Crippen molar-refractivity contribution in [1.29, 1.82) is 0 Å². The Morgan fingerprint density at radius 2 is 1.92 bits per heavy atom. The van der Waals surface area contributed by atoms with Crippen LogP contribution < -0.4 is 0 Å². The molecule has 3 heterocycles. The number of pyridine rings is 1. The summed E-state index contributed by atoms with van der Waals surface area (Å²) in [6.07, 6.45) is 10.8. The first kappa shape index (κ1) is 16.6. The van der Waals surface area contributed by atoms with E-state index < -0.39 is 0 Å². The Balaban J connectivity index is 1.49. The summed E-state index contributed by atoms with van der Waals surface area (Å²) in [6.45, 7) is 2.28. The van der Waals surface area contributed by atoms with Crippen LogP contribution in [0, 0.1) is 11.8 Å². The fourth-order valence-electron chi connectivity index (χ4n) is 4.26. The minimum absolute atomic E-state index is 0.130. The van der Waals surface area contributed by atoms with E-state index in [9.17, 15) is 9.59 Å². The third-order valence-corrected chi connectivity index (χ3v) is 5.87. The van der Waals surface area contributed by atoms with Crippen LogP contribution in [0.15, 0.2) is 24.5 Å². The Hall–Kier alpha value is -1.91. The molecule has 3 fully saturated rings. The van der Waals surface area contributed by atoms with E-state index >= 15 is 0 Å². The standard InChI is InChI=1S/C20H27N3O2/c24-19-12-17(14-22(19)13-15-5-6-15)20(25)23-11-3-1-2-4-18(23)16-7-9-21-10-8-16/h7-10,15,17-18H,1-6,11-14H2/t17-,18+/m0/s1. The third-order valence-electron chi connectivity index (χ3n) is 5.87. The fourth-order valence-corrected chi connectivity index (χ4v) is 4.26. The summed E-state index contributed by atoms with van der Waals surface area (Å²) >= 11 is 0. The monoisotopic (exact) mass is 341 g/mol. The number of amides is 2. The second kappa shape index (κ2) is 7.14. The molecule has 5 nitrogen and oxygen atoms in total. The molecule has 0 unspecified atom stereocenters. The van der Waals surface area contributed by atoms with Gasteiger partial charge in [-0.15, -0.1) is 0 Å². The largest absolute Gasteiger partial charge is 0.342 e. The second-order valence-corrected chi connectivity index (χ2v) is 7.82. The lowest BCUT2D eigenvalue weighted by Gasteiger charge is -2.32. The van der Waals surface area contributed by atoms with Gasteiger partial charge in [0.25, 0.3) is 0 Å². The molecule has 4 rings (SSSR count). The minimum atomic E-state index is -0.159. The number of nitrogens with zero attached hydrogens (tertiary/aromatic N) is 3. The maximum absolute atomic E-state index is 13.3. The van der Waals surface area contributed by atoms with E-state index in [0.717, 1.165) is 32.4 Å². The van der Waals surface area contributed by atoms with Gasteiger partial charge in [0.2, 0.25) is 11.8 Å². The molecule has 0 N–H and O–H groups in total.